The second-order valence-corrected chi connectivity index (χ2v) is 4.43. The Bertz CT molecular complexity index is 389. The maximum absolute atomic E-state index is 12.1. The molecule has 1 aliphatic rings. The molecule has 0 aromatic heterocycles. The van der Waals surface area contributed by atoms with Crippen LogP contribution in [0, 0.1) is 0 Å². The molecular weight excluding hydrogens is 216 g/mol. The molecule has 92 valence electrons. The lowest BCUT2D eigenvalue weighted by atomic mass is 10.1. The van der Waals surface area contributed by atoms with E-state index in [9.17, 15) is 4.79 Å². The zero-order chi connectivity index (χ0) is 12.3. The number of benzene rings is 1. The number of rotatable bonds is 3. The number of nitrogens with two attached hydrogens (primary N) is 1. The molecule has 2 rings (SSSR count). The van der Waals surface area contributed by atoms with Crippen molar-refractivity contribution >= 4 is 5.91 Å². The van der Waals surface area contributed by atoms with Gasteiger partial charge < -0.3 is 15.4 Å². The van der Waals surface area contributed by atoms with Crippen LogP contribution in [0.15, 0.2) is 24.3 Å². The minimum absolute atomic E-state index is 0.0712. The zero-order valence-electron chi connectivity index (χ0n) is 10.1. The van der Waals surface area contributed by atoms with Gasteiger partial charge in [0.15, 0.2) is 0 Å². The van der Waals surface area contributed by atoms with Gasteiger partial charge in [-0.1, -0.05) is 12.1 Å². The van der Waals surface area contributed by atoms with Gasteiger partial charge in [0.05, 0.1) is 6.61 Å². The summed E-state index contributed by atoms with van der Waals surface area (Å²) >= 11 is 0. The molecule has 1 aromatic carbocycles. The molecule has 17 heavy (non-hydrogen) atoms. The molecule has 0 aliphatic carbocycles. The molecule has 0 radical (unpaired) electrons. The highest BCUT2D eigenvalue weighted by Gasteiger charge is 2.24. The van der Waals surface area contributed by atoms with E-state index in [1.807, 2.05) is 29.2 Å². The molecule has 1 heterocycles. The average molecular weight is 234 g/mol. The van der Waals surface area contributed by atoms with Crippen molar-refractivity contribution in [1.29, 1.82) is 0 Å². The van der Waals surface area contributed by atoms with Gasteiger partial charge in [-0.05, 0) is 24.1 Å². The summed E-state index contributed by atoms with van der Waals surface area (Å²) in [5.74, 6) is 0.0712. The van der Waals surface area contributed by atoms with Crippen molar-refractivity contribution in [3.63, 3.8) is 0 Å². The Balaban J connectivity index is 2.04. The Morgan fingerprint density at radius 1 is 1.47 bits per heavy atom. The predicted molar refractivity (Wildman–Crippen MR) is 65.7 cm³/mol. The van der Waals surface area contributed by atoms with Crippen molar-refractivity contribution in [2.45, 2.75) is 19.1 Å². The van der Waals surface area contributed by atoms with Gasteiger partial charge in [-0.2, -0.15) is 0 Å². The molecule has 1 atom stereocenters. The highest BCUT2D eigenvalue weighted by Crippen LogP contribution is 2.13. The molecule has 1 fully saturated rings. The van der Waals surface area contributed by atoms with Gasteiger partial charge in [0, 0.05) is 31.8 Å². The van der Waals surface area contributed by atoms with E-state index >= 15 is 0 Å². The first-order valence-corrected chi connectivity index (χ1v) is 5.83. The fourth-order valence-corrected chi connectivity index (χ4v) is 2.06. The molecule has 2 N–H and O–H groups in total. The van der Waals surface area contributed by atoms with Crippen LogP contribution >= 0.6 is 0 Å². The minimum atomic E-state index is 0.0712. The van der Waals surface area contributed by atoms with Crippen molar-refractivity contribution in [3.8, 4) is 0 Å². The molecule has 0 bridgehead atoms. The third-order valence-corrected chi connectivity index (χ3v) is 3.02. The summed E-state index contributed by atoms with van der Waals surface area (Å²) in [5, 5.41) is 0. The summed E-state index contributed by atoms with van der Waals surface area (Å²) in [6, 6.07) is 7.67. The van der Waals surface area contributed by atoms with E-state index in [0.717, 1.165) is 24.1 Å². The summed E-state index contributed by atoms with van der Waals surface area (Å²) in [4.78, 5) is 13.9. The third-order valence-electron chi connectivity index (χ3n) is 3.02. The Morgan fingerprint density at radius 2 is 2.18 bits per heavy atom. The first-order chi connectivity index (χ1) is 8.20. The minimum Gasteiger partial charge on any atom is -0.380 e. The SMILES string of the molecule is COCc1ccc(C(=O)N2CC[C@H](N)C2)cc1. The van der Waals surface area contributed by atoms with Crippen molar-refractivity contribution in [1.82, 2.24) is 4.90 Å². The van der Waals surface area contributed by atoms with Crippen molar-refractivity contribution in [3.05, 3.63) is 35.4 Å². The van der Waals surface area contributed by atoms with Gasteiger partial charge in [-0.3, -0.25) is 4.79 Å². The lowest BCUT2D eigenvalue weighted by Crippen LogP contribution is -2.31. The topological polar surface area (TPSA) is 55.6 Å². The number of ether oxygens (including phenoxy) is 1. The monoisotopic (exact) mass is 234 g/mol. The van der Waals surface area contributed by atoms with Crippen molar-refractivity contribution in [2.24, 2.45) is 5.73 Å². The molecule has 1 amide bonds. The first-order valence-electron chi connectivity index (χ1n) is 5.83. The summed E-state index contributed by atoms with van der Waals surface area (Å²) in [6.45, 7) is 2.00. The van der Waals surface area contributed by atoms with Crippen LogP contribution in [0.5, 0.6) is 0 Å². The second-order valence-electron chi connectivity index (χ2n) is 4.43. The average Bonchev–Trinajstić information content (AvgIpc) is 2.76. The highest BCUT2D eigenvalue weighted by molar-refractivity contribution is 5.94. The summed E-state index contributed by atoms with van der Waals surface area (Å²) in [6.07, 6.45) is 0.896. The lowest BCUT2D eigenvalue weighted by Gasteiger charge is -2.15. The van der Waals surface area contributed by atoms with Gasteiger partial charge in [-0.15, -0.1) is 0 Å². The van der Waals surface area contributed by atoms with Gasteiger partial charge in [-0.25, -0.2) is 0 Å². The van der Waals surface area contributed by atoms with E-state index < -0.39 is 0 Å². The van der Waals surface area contributed by atoms with Gasteiger partial charge >= 0.3 is 0 Å². The van der Waals surface area contributed by atoms with Gasteiger partial charge in [0.25, 0.3) is 5.91 Å². The second kappa shape index (κ2) is 5.29. The molecule has 0 saturated carbocycles. The van der Waals surface area contributed by atoms with Crippen LogP contribution in [0.25, 0.3) is 0 Å². The molecule has 4 heteroatoms. The Hall–Kier alpha value is -1.39. The number of amides is 1. The molecular formula is C13H18N2O2. The third kappa shape index (κ3) is 2.84. The van der Waals surface area contributed by atoms with Crippen LogP contribution in [0.4, 0.5) is 0 Å². The van der Waals surface area contributed by atoms with Crippen LogP contribution in [-0.4, -0.2) is 37.0 Å². The molecule has 0 unspecified atom stereocenters. The van der Waals surface area contributed by atoms with Crippen LogP contribution < -0.4 is 5.73 Å². The van der Waals surface area contributed by atoms with Crippen molar-refractivity contribution < 1.29 is 9.53 Å². The molecule has 1 saturated heterocycles. The Morgan fingerprint density at radius 3 is 2.71 bits per heavy atom. The summed E-state index contributed by atoms with van der Waals surface area (Å²) < 4.78 is 5.03. The molecule has 0 spiro atoms. The van der Waals surface area contributed by atoms with Crippen LogP contribution in [-0.2, 0) is 11.3 Å². The zero-order valence-corrected chi connectivity index (χ0v) is 10.1. The number of nitrogens with zero attached hydrogens (tertiary/aromatic N) is 1. The smallest absolute Gasteiger partial charge is 0.253 e. The van der Waals surface area contributed by atoms with E-state index in [1.165, 1.54) is 0 Å². The summed E-state index contributed by atoms with van der Waals surface area (Å²) in [7, 11) is 1.66. The lowest BCUT2D eigenvalue weighted by molar-refractivity contribution is 0.0791. The predicted octanol–water partition coefficient (Wildman–Crippen LogP) is 1.01. The first kappa shape index (κ1) is 12.1. The number of hydrogen-bond acceptors (Lipinski definition) is 3. The van der Waals surface area contributed by atoms with E-state index in [0.29, 0.717) is 13.2 Å². The number of carbonyl (C=O) groups is 1. The van der Waals surface area contributed by atoms with Gasteiger partial charge in [0.1, 0.15) is 0 Å². The Labute approximate surface area is 101 Å². The highest BCUT2D eigenvalue weighted by atomic mass is 16.5. The number of carbonyl (C=O) groups excluding carboxylic acids is 1. The number of hydrogen-bond donors (Lipinski definition) is 1. The van der Waals surface area contributed by atoms with E-state index in [4.69, 9.17) is 10.5 Å². The molecule has 4 nitrogen and oxygen atoms in total. The van der Waals surface area contributed by atoms with E-state index in [-0.39, 0.29) is 11.9 Å². The Kier molecular flexibility index (Phi) is 3.76. The standard InChI is InChI=1S/C13H18N2O2/c1-17-9-10-2-4-11(5-3-10)13(16)15-7-6-12(14)8-15/h2-5,12H,6-9,14H2,1H3/t12-/m0/s1. The molecule has 1 aromatic rings. The normalized spacial score (nSPS) is 19.6. The van der Waals surface area contributed by atoms with Crippen LogP contribution in [0.3, 0.4) is 0 Å². The van der Waals surface area contributed by atoms with Crippen LogP contribution in [0.2, 0.25) is 0 Å². The quantitative estimate of drug-likeness (QED) is 0.849. The van der Waals surface area contributed by atoms with E-state index in [2.05, 4.69) is 0 Å². The largest absolute Gasteiger partial charge is 0.380 e. The maximum Gasteiger partial charge on any atom is 0.253 e. The fourth-order valence-electron chi connectivity index (χ4n) is 2.06. The van der Waals surface area contributed by atoms with Gasteiger partial charge in [0.2, 0.25) is 0 Å². The maximum atomic E-state index is 12.1. The number of likely N-dealkylation sites (tertiary alicyclic amines) is 1. The van der Waals surface area contributed by atoms with E-state index in [1.54, 1.807) is 7.11 Å². The number of methoxy groups -OCH3 is 1. The fraction of sp³-hybridized carbons (Fsp3) is 0.462. The molecule has 1 aliphatic heterocycles. The summed E-state index contributed by atoms with van der Waals surface area (Å²) in [5.41, 5.74) is 7.59. The van der Waals surface area contributed by atoms with Crippen LogP contribution in [0.1, 0.15) is 22.3 Å². The van der Waals surface area contributed by atoms with Crippen molar-refractivity contribution in [2.75, 3.05) is 20.2 Å².